The summed E-state index contributed by atoms with van der Waals surface area (Å²) in [5.74, 6) is 0.696. The molecule has 0 aliphatic carbocycles. The van der Waals surface area contributed by atoms with E-state index in [2.05, 4.69) is 20.9 Å². The van der Waals surface area contributed by atoms with Crippen molar-refractivity contribution in [2.75, 3.05) is 7.11 Å². The predicted molar refractivity (Wildman–Crippen MR) is 57.4 cm³/mol. The number of aryl methyl sites for hydroxylation is 1. The van der Waals surface area contributed by atoms with E-state index in [1.807, 2.05) is 6.92 Å². The number of aromatic nitrogens is 2. The third-order valence-corrected chi connectivity index (χ3v) is 2.59. The Morgan fingerprint density at radius 2 is 2.36 bits per heavy atom. The van der Waals surface area contributed by atoms with Crippen molar-refractivity contribution in [2.45, 2.75) is 26.5 Å². The molecule has 5 heteroatoms. The molecule has 4 nitrogen and oxygen atoms in total. The highest BCUT2D eigenvalue weighted by Gasteiger charge is 2.08. The van der Waals surface area contributed by atoms with Crippen molar-refractivity contribution in [1.82, 2.24) is 9.55 Å². The van der Waals surface area contributed by atoms with Crippen LogP contribution in [0.25, 0.3) is 0 Å². The molecular formula is C9H13BrN2O2. The van der Waals surface area contributed by atoms with Gasteiger partial charge in [-0.1, -0.05) is 0 Å². The first kappa shape index (κ1) is 11.4. The van der Waals surface area contributed by atoms with Crippen LogP contribution < -0.4 is 5.56 Å². The molecule has 0 spiro atoms. The van der Waals surface area contributed by atoms with Crippen LogP contribution in [-0.4, -0.2) is 22.8 Å². The lowest BCUT2D eigenvalue weighted by molar-refractivity contribution is 0.101. The van der Waals surface area contributed by atoms with E-state index in [0.717, 1.165) is 0 Å². The van der Waals surface area contributed by atoms with Gasteiger partial charge in [-0.05, 0) is 29.8 Å². The minimum Gasteiger partial charge on any atom is -0.380 e. The maximum absolute atomic E-state index is 11.7. The first-order valence-electron chi connectivity index (χ1n) is 4.31. The number of nitrogens with zero attached hydrogens (tertiary/aromatic N) is 2. The summed E-state index contributed by atoms with van der Waals surface area (Å²) in [6.45, 7) is 4.23. The summed E-state index contributed by atoms with van der Waals surface area (Å²) in [5, 5.41) is 0. The van der Waals surface area contributed by atoms with Crippen molar-refractivity contribution in [2.24, 2.45) is 0 Å². The van der Waals surface area contributed by atoms with E-state index in [9.17, 15) is 4.79 Å². The topological polar surface area (TPSA) is 44.1 Å². The van der Waals surface area contributed by atoms with Gasteiger partial charge >= 0.3 is 0 Å². The van der Waals surface area contributed by atoms with E-state index in [1.165, 1.54) is 6.20 Å². The average Bonchev–Trinajstić information content (AvgIpc) is 2.18. The lowest BCUT2D eigenvalue weighted by atomic mass is 10.4. The Bertz CT molecular complexity index is 376. The van der Waals surface area contributed by atoms with Gasteiger partial charge in [0.05, 0.1) is 12.6 Å². The van der Waals surface area contributed by atoms with E-state index in [4.69, 9.17) is 4.74 Å². The zero-order valence-corrected chi connectivity index (χ0v) is 10.0. The third kappa shape index (κ3) is 2.42. The number of halogens is 1. The summed E-state index contributed by atoms with van der Waals surface area (Å²) in [6, 6.07) is 0. The van der Waals surface area contributed by atoms with Crippen LogP contribution >= 0.6 is 15.9 Å². The molecule has 1 aromatic rings. The first-order chi connectivity index (χ1) is 6.56. The summed E-state index contributed by atoms with van der Waals surface area (Å²) >= 11 is 3.16. The Labute approximate surface area is 91.0 Å². The van der Waals surface area contributed by atoms with Gasteiger partial charge in [0.25, 0.3) is 5.56 Å². The van der Waals surface area contributed by atoms with Crippen LogP contribution in [0.2, 0.25) is 0 Å². The minimum atomic E-state index is -0.0681. The normalized spacial score (nSPS) is 12.9. The van der Waals surface area contributed by atoms with Gasteiger partial charge in [0.2, 0.25) is 0 Å². The zero-order valence-electron chi connectivity index (χ0n) is 8.45. The van der Waals surface area contributed by atoms with Crippen LogP contribution in [0.15, 0.2) is 15.5 Å². The van der Waals surface area contributed by atoms with Gasteiger partial charge in [-0.15, -0.1) is 0 Å². The maximum Gasteiger partial charge on any atom is 0.267 e. The lowest BCUT2D eigenvalue weighted by Crippen LogP contribution is -2.29. The fourth-order valence-electron chi connectivity index (χ4n) is 1.10. The molecule has 1 heterocycles. The molecule has 1 rings (SSSR count). The highest BCUT2D eigenvalue weighted by atomic mass is 79.9. The third-order valence-electron chi connectivity index (χ3n) is 2.05. The second-order valence-electron chi connectivity index (χ2n) is 3.12. The maximum atomic E-state index is 11.7. The number of hydrogen-bond donors (Lipinski definition) is 0. The number of rotatable bonds is 3. The smallest absolute Gasteiger partial charge is 0.267 e. The van der Waals surface area contributed by atoms with Crippen molar-refractivity contribution in [3.63, 3.8) is 0 Å². The molecule has 0 fully saturated rings. The summed E-state index contributed by atoms with van der Waals surface area (Å²) in [7, 11) is 1.62. The van der Waals surface area contributed by atoms with E-state index < -0.39 is 0 Å². The van der Waals surface area contributed by atoms with Crippen molar-refractivity contribution in [1.29, 1.82) is 0 Å². The number of hydrogen-bond acceptors (Lipinski definition) is 3. The van der Waals surface area contributed by atoms with Gasteiger partial charge in [-0.3, -0.25) is 9.36 Å². The average molecular weight is 261 g/mol. The molecule has 78 valence electrons. The molecule has 0 aliphatic heterocycles. The molecule has 0 radical (unpaired) electrons. The fourth-order valence-corrected chi connectivity index (χ4v) is 1.41. The molecule has 0 aliphatic rings. The molecular weight excluding hydrogens is 248 g/mol. The zero-order chi connectivity index (χ0) is 10.7. The van der Waals surface area contributed by atoms with Crippen LogP contribution in [0.4, 0.5) is 0 Å². The van der Waals surface area contributed by atoms with Crippen molar-refractivity contribution in [3.05, 3.63) is 26.8 Å². The van der Waals surface area contributed by atoms with Gasteiger partial charge < -0.3 is 4.74 Å². The molecule has 0 saturated heterocycles. The molecule has 1 atom stereocenters. The van der Waals surface area contributed by atoms with E-state index in [1.54, 1.807) is 18.6 Å². The summed E-state index contributed by atoms with van der Waals surface area (Å²) in [4.78, 5) is 15.7. The molecule has 1 unspecified atom stereocenters. The van der Waals surface area contributed by atoms with Gasteiger partial charge in [0.15, 0.2) is 0 Å². The Morgan fingerprint density at radius 1 is 1.71 bits per heavy atom. The van der Waals surface area contributed by atoms with Crippen LogP contribution in [0, 0.1) is 6.92 Å². The standard InChI is InChI=1S/C9H13BrN2O2/c1-6(14-3)5-12-7(2)11-4-8(10)9(12)13/h4,6H,5H2,1-3H3. The molecule has 14 heavy (non-hydrogen) atoms. The second-order valence-corrected chi connectivity index (χ2v) is 3.97. The Balaban J connectivity index is 3.07. The van der Waals surface area contributed by atoms with E-state index in [-0.39, 0.29) is 11.7 Å². The largest absolute Gasteiger partial charge is 0.380 e. The van der Waals surface area contributed by atoms with Gasteiger partial charge in [0, 0.05) is 13.3 Å². The summed E-state index contributed by atoms with van der Waals surface area (Å²) in [5.41, 5.74) is -0.0681. The van der Waals surface area contributed by atoms with Gasteiger partial charge in [-0.25, -0.2) is 4.98 Å². The Kier molecular flexibility index (Phi) is 3.83. The minimum absolute atomic E-state index is 0.00231. The first-order valence-corrected chi connectivity index (χ1v) is 5.10. The van der Waals surface area contributed by atoms with Crippen LogP contribution in [0.1, 0.15) is 12.7 Å². The summed E-state index contributed by atoms with van der Waals surface area (Å²) < 4.78 is 7.17. The van der Waals surface area contributed by atoms with Gasteiger partial charge in [-0.2, -0.15) is 0 Å². The predicted octanol–water partition coefficient (Wildman–Crippen LogP) is 1.35. The molecule has 0 bridgehead atoms. The molecule has 0 N–H and O–H groups in total. The molecule has 0 amide bonds. The molecule has 0 saturated carbocycles. The highest BCUT2D eigenvalue weighted by Crippen LogP contribution is 2.02. The van der Waals surface area contributed by atoms with Crippen LogP contribution in [0.3, 0.4) is 0 Å². The Hall–Kier alpha value is -0.680. The van der Waals surface area contributed by atoms with Crippen molar-refractivity contribution < 1.29 is 4.74 Å². The summed E-state index contributed by atoms with van der Waals surface area (Å²) in [6.07, 6.45) is 1.52. The quantitative estimate of drug-likeness (QED) is 0.824. The van der Waals surface area contributed by atoms with E-state index >= 15 is 0 Å². The Morgan fingerprint density at radius 3 is 2.93 bits per heavy atom. The van der Waals surface area contributed by atoms with Gasteiger partial charge in [0.1, 0.15) is 10.3 Å². The number of ether oxygens (including phenoxy) is 1. The van der Waals surface area contributed by atoms with E-state index in [0.29, 0.717) is 16.8 Å². The fraction of sp³-hybridized carbons (Fsp3) is 0.556. The number of methoxy groups -OCH3 is 1. The SMILES string of the molecule is COC(C)Cn1c(C)ncc(Br)c1=O. The van der Waals surface area contributed by atoms with Crippen LogP contribution in [0.5, 0.6) is 0 Å². The highest BCUT2D eigenvalue weighted by molar-refractivity contribution is 9.10. The molecule has 1 aromatic heterocycles. The van der Waals surface area contributed by atoms with Crippen molar-refractivity contribution in [3.8, 4) is 0 Å². The second kappa shape index (κ2) is 4.70. The molecule has 0 aromatic carbocycles. The lowest BCUT2D eigenvalue weighted by Gasteiger charge is -2.13. The van der Waals surface area contributed by atoms with Crippen LogP contribution in [-0.2, 0) is 11.3 Å². The monoisotopic (exact) mass is 260 g/mol. The van der Waals surface area contributed by atoms with Crippen molar-refractivity contribution >= 4 is 15.9 Å².